The van der Waals surface area contributed by atoms with E-state index in [1.807, 2.05) is 0 Å². The number of hydrogen-bond donors (Lipinski definition) is 8. The first-order valence-corrected chi connectivity index (χ1v) is 9.75. The van der Waals surface area contributed by atoms with Crippen molar-refractivity contribution < 1.29 is 59.8 Å². The van der Waals surface area contributed by atoms with Crippen LogP contribution in [0.15, 0.2) is 30.3 Å². The third-order valence-electron chi connectivity index (χ3n) is 5.28. The Kier molecular flexibility index (Phi) is 8.31. The van der Waals surface area contributed by atoms with Gasteiger partial charge in [0.05, 0.1) is 13.2 Å². The molecule has 0 amide bonds. The summed E-state index contributed by atoms with van der Waals surface area (Å²) in [6.07, 6.45) is -16.9. The normalized spacial score (nSPS) is 42.3. The highest BCUT2D eigenvalue weighted by atomic mass is 16.8. The third kappa shape index (κ3) is 5.22. The molecule has 0 bridgehead atoms. The molecule has 0 radical (unpaired) electrons. The zero-order chi connectivity index (χ0) is 22.7. The fraction of sp³-hybridized carbons (Fsp3) is 0.684. The summed E-state index contributed by atoms with van der Waals surface area (Å²) in [5.74, 6) is 0. The van der Waals surface area contributed by atoms with E-state index in [1.165, 1.54) is 0 Å². The van der Waals surface area contributed by atoms with Gasteiger partial charge in [-0.2, -0.15) is 0 Å². The summed E-state index contributed by atoms with van der Waals surface area (Å²) in [6, 6.07) is 8.17. The van der Waals surface area contributed by atoms with Crippen LogP contribution in [0.1, 0.15) is 11.9 Å². The van der Waals surface area contributed by atoms with E-state index in [9.17, 15) is 40.9 Å². The Labute approximate surface area is 177 Å². The molecule has 1 aromatic carbocycles. The average Bonchev–Trinajstić information content (AvgIpc) is 2.79. The van der Waals surface area contributed by atoms with Crippen LogP contribution in [-0.4, -0.2) is 115 Å². The Morgan fingerprint density at radius 2 is 1.06 bits per heavy atom. The largest absolute Gasteiger partial charge is 0.394 e. The van der Waals surface area contributed by atoms with Crippen molar-refractivity contribution in [1.29, 1.82) is 0 Å². The van der Waals surface area contributed by atoms with Crippen molar-refractivity contribution in [2.24, 2.45) is 0 Å². The monoisotopic (exact) mass is 448 g/mol. The van der Waals surface area contributed by atoms with Crippen molar-refractivity contribution in [3.8, 4) is 0 Å². The van der Waals surface area contributed by atoms with E-state index in [1.54, 1.807) is 30.3 Å². The summed E-state index contributed by atoms with van der Waals surface area (Å²) >= 11 is 0. The van der Waals surface area contributed by atoms with Crippen molar-refractivity contribution in [3.63, 3.8) is 0 Å². The fourth-order valence-electron chi connectivity index (χ4n) is 3.40. The van der Waals surface area contributed by atoms with Crippen molar-refractivity contribution in [3.05, 3.63) is 35.9 Å². The molecule has 10 atom stereocenters. The Bertz CT molecular complexity index is 635. The summed E-state index contributed by atoms with van der Waals surface area (Å²) in [5, 5.41) is 79.0. The van der Waals surface area contributed by atoms with E-state index in [0.717, 1.165) is 0 Å². The molecule has 2 heterocycles. The molecule has 0 aliphatic carbocycles. The molecule has 176 valence electrons. The Morgan fingerprint density at radius 3 is 1.45 bits per heavy atom. The van der Waals surface area contributed by atoms with Crippen LogP contribution < -0.4 is 0 Å². The average molecular weight is 448 g/mol. The van der Waals surface area contributed by atoms with Crippen molar-refractivity contribution in [1.82, 2.24) is 0 Å². The number of ether oxygens (including phenoxy) is 4. The number of rotatable bonds is 7. The van der Waals surface area contributed by atoms with E-state index in [-0.39, 0.29) is 0 Å². The van der Waals surface area contributed by atoms with Gasteiger partial charge in [0.2, 0.25) is 0 Å². The molecule has 1 aromatic rings. The van der Waals surface area contributed by atoms with Crippen molar-refractivity contribution in [2.75, 3.05) is 13.2 Å². The lowest BCUT2D eigenvalue weighted by Gasteiger charge is -2.43. The van der Waals surface area contributed by atoms with Crippen LogP contribution in [0.2, 0.25) is 0 Å². The van der Waals surface area contributed by atoms with Gasteiger partial charge in [-0.15, -0.1) is 0 Å². The smallest absolute Gasteiger partial charge is 0.190 e. The van der Waals surface area contributed by atoms with Crippen LogP contribution in [0.3, 0.4) is 0 Å². The van der Waals surface area contributed by atoms with Crippen molar-refractivity contribution >= 4 is 0 Å². The molecule has 0 saturated carbocycles. The second-order valence-electron chi connectivity index (χ2n) is 7.41. The minimum absolute atomic E-state index is 0.372. The second-order valence-corrected chi connectivity index (χ2v) is 7.41. The maximum atomic E-state index is 10.2. The highest BCUT2D eigenvalue weighted by molar-refractivity contribution is 5.16. The lowest BCUT2D eigenvalue weighted by atomic mass is 9.99. The van der Waals surface area contributed by atoms with Crippen LogP contribution in [-0.2, 0) is 18.9 Å². The van der Waals surface area contributed by atoms with Crippen LogP contribution in [0.5, 0.6) is 0 Å². The maximum Gasteiger partial charge on any atom is 0.190 e. The molecule has 2 fully saturated rings. The van der Waals surface area contributed by atoms with E-state index in [4.69, 9.17) is 18.9 Å². The number of aliphatic hydroxyl groups is 8. The molecular formula is C19H28O12. The summed E-state index contributed by atoms with van der Waals surface area (Å²) in [5.41, 5.74) is 0.372. The first kappa shape index (κ1) is 24.4. The molecule has 0 aromatic heterocycles. The highest BCUT2D eigenvalue weighted by Crippen LogP contribution is 2.32. The predicted octanol–water partition coefficient (Wildman–Crippen LogP) is -3.68. The molecule has 0 spiro atoms. The van der Waals surface area contributed by atoms with Crippen LogP contribution >= 0.6 is 0 Å². The summed E-state index contributed by atoms with van der Waals surface area (Å²) in [6.45, 7) is -1.32. The highest BCUT2D eigenvalue weighted by Gasteiger charge is 2.48. The van der Waals surface area contributed by atoms with Gasteiger partial charge in [-0.25, -0.2) is 0 Å². The maximum absolute atomic E-state index is 10.2. The molecule has 12 nitrogen and oxygen atoms in total. The molecule has 2 aliphatic heterocycles. The van der Waals surface area contributed by atoms with E-state index < -0.39 is 80.9 Å². The SMILES string of the molecule is OC[C@H]1OC(OC(OC2O[C@H](CO)[C@@H](O)[C@@H](O)[C@@H]2O)c2ccccc2)[C@@H](O)[C@H](O)[C@@H]1O. The van der Waals surface area contributed by atoms with Gasteiger partial charge < -0.3 is 59.8 Å². The van der Waals surface area contributed by atoms with Crippen LogP contribution in [0.25, 0.3) is 0 Å². The zero-order valence-electron chi connectivity index (χ0n) is 16.4. The van der Waals surface area contributed by atoms with Gasteiger partial charge in [0.1, 0.15) is 48.8 Å². The van der Waals surface area contributed by atoms with E-state index in [0.29, 0.717) is 5.56 Å². The van der Waals surface area contributed by atoms with Gasteiger partial charge in [-0.05, 0) is 0 Å². The lowest BCUT2D eigenvalue weighted by molar-refractivity contribution is -0.381. The molecule has 2 saturated heterocycles. The van der Waals surface area contributed by atoms with Gasteiger partial charge in [0.25, 0.3) is 0 Å². The van der Waals surface area contributed by atoms with E-state index >= 15 is 0 Å². The molecule has 12 heteroatoms. The standard InChI is InChI=1S/C19H28O12/c20-6-9-11(22)13(24)15(26)18(28-9)30-17(8-4-2-1-3-5-8)31-19-16(27)14(25)12(23)10(7-21)29-19/h1-5,9-27H,6-7H2/t9-,10-,11-,12-,13-,14-,15+,16+,17?,18?,19?/m1/s1. The Morgan fingerprint density at radius 1 is 0.645 bits per heavy atom. The molecule has 2 aliphatic rings. The summed E-state index contributed by atoms with van der Waals surface area (Å²) in [7, 11) is 0. The molecule has 3 rings (SSSR count). The lowest BCUT2D eigenvalue weighted by Crippen LogP contribution is -2.60. The van der Waals surface area contributed by atoms with Gasteiger partial charge in [0, 0.05) is 5.56 Å². The minimum atomic E-state index is -1.71. The van der Waals surface area contributed by atoms with Crippen LogP contribution in [0, 0.1) is 0 Å². The first-order valence-electron chi connectivity index (χ1n) is 9.75. The van der Waals surface area contributed by atoms with Gasteiger partial charge in [-0.3, -0.25) is 0 Å². The summed E-state index contributed by atoms with van der Waals surface area (Å²) < 4.78 is 22.0. The summed E-state index contributed by atoms with van der Waals surface area (Å²) in [4.78, 5) is 0. The molecule has 2 unspecified atom stereocenters. The molecular weight excluding hydrogens is 420 g/mol. The van der Waals surface area contributed by atoms with Gasteiger partial charge in [-0.1, -0.05) is 30.3 Å². The Balaban J connectivity index is 1.81. The van der Waals surface area contributed by atoms with E-state index in [2.05, 4.69) is 0 Å². The topological polar surface area (TPSA) is 199 Å². The zero-order valence-corrected chi connectivity index (χ0v) is 16.4. The minimum Gasteiger partial charge on any atom is -0.394 e. The second kappa shape index (κ2) is 10.6. The predicted molar refractivity (Wildman–Crippen MR) is 98.9 cm³/mol. The molecule has 31 heavy (non-hydrogen) atoms. The van der Waals surface area contributed by atoms with Crippen LogP contribution in [0.4, 0.5) is 0 Å². The quantitative estimate of drug-likeness (QED) is 0.190. The third-order valence-corrected chi connectivity index (χ3v) is 5.28. The number of benzene rings is 1. The van der Waals surface area contributed by atoms with Crippen molar-refractivity contribution in [2.45, 2.75) is 67.7 Å². The molecule has 8 N–H and O–H groups in total. The van der Waals surface area contributed by atoms with Gasteiger partial charge >= 0.3 is 0 Å². The first-order chi connectivity index (χ1) is 14.8. The number of hydrogen-bond acceptors (Lipinski definition) is 12. The number of aliphatic hydroxyl groups excluding tert-OH is 8. The fourth-order valence-corrected chi connectivity index (χ4v) is 3.40. The van der Waals surface area contributed by atoms with Gasteiger partial charge in [0.15, 0.2) is 18.9 Å². The Hall–Kier alpha value is -1.26.